The Bertz CT molecular complexity index is 1380. The van der Waals surface area contributed by atoms with Gasteiger partial charge in [-0.1, -0.05) is 24.3 Å². The molecule has 0 radical (unpaired) electrons. The molecule has 0 saturated carbocycles. The summed E-state index contributed by atoms with van der Waals surface area (Å²) in [6, 6.07) is 16.3. The van der Waals surface area contributed by atoms with Crippen LogP contribution in [0.1, 0.15) is 23.2 Å². The van der Waals surface area contributed by atoms with Crippen LogP contribution in [0.25, 0.3) is 22.6 Å². The normalized spacial score (nSPS) is 15.0. The smallest absolute Gasteiger partial charge is 0.253 e. The number of hydrogen-bond donors (Lipinski definition) is 2. The molecule has 0 atom stereocenters. The van der Waals surface area contributed by atoms with Gasteiger partial charge in [0, 0.05) is 61.6 Å². The largest absolute Gasteiger partial charge is 0.368 e. The molecule has 5 rings (SSSR count). The molecule has 0 spiro atoms. The predicted molar refractivity (Wildman–Crippen MR) is 132 cm³/mol. The fourth-order valence-electron chi connectivity index (χ4n) is 3.98. The molecule has 1 fully saturated rings. The number of alkyl halides is 2. The Labute approximate surface area is 206 Å². The van der Waals surface area contributed by atoms with E-state index in [1.807, 2.05) is 24.3 Å². The minimum Gasteiger partial charge on any atom is -0.368 e. The molecule has 3 N–H and O–H groups in total. The van der Waals surface area contributed by atoms with E-state index in [-0.39, 0.29) is 37.8 Å². The maximum atomic E-state index is 13.4. The van der Waals surface area contributed by atoms with E-state index in [4.69, 9.17) is 5.73 Å². The number of carbonyl (C=O) groups is 1. The van der Waals surface area contributed by atoms with E-state index in [0.717, 1.165) is 22.5 Å². The highest BCUT2D eigenvalue weighted by Gasteiger charge is 2.35. The first kappa shape index (κ1) is 23.3. The van der Waals surface area contributed by atoms with Crippen molar-refractivity contribution in [1.82, 2.24) is 29.6 Å². The van der Waals surface area contributed by atoms with Crippen LogP contribution in [-0.4, -0.2) is 54.6 Å². The van der Waals surface area contributed by atoms with Gasteiger partial charge in [0.2, 0.25) is 11.9 Å². The first-order valence-corrected chi connectivity index (χ1v) is 11.4. The monoisotopic (exact) mass is 490 g/mol. The number of likely N-dealkylation sites (tertiary alicyclic amines) is 1. The summed E-state index contributed by atoms with van der Waals surface area (Å²) in [4.78, 5) is 26.8. The Morgan fingerprint density at radius 3 is 2.31 bits per heavy atom. The fourth-order valence-corrected chi connectivity index (χ4v) is 3.98. The van der Waals surface area contributed by atoms with Crippen molar-refractivity contribution in [3.63, 3.8) is 0 Å². The highest BCUT2D eigenvalue weighted by Crippen LogP contribution is 2.29. The molecule has 0 aliphatic carbocycles. The lowest BCUT2D eigenvalue weighted by atomic mass is 10.0. The third-order valence-electron chi connectivity index (χ3n) is 6.05. The zero-order chi connectivity index (χ0) is 25.3. The van der Waals surface area contributed by atoms with E-state index >= 15 is 0 Å². The number of anilines is 3. The van der Waals surface area contributed by atoms with Gasteiger partial charge < -0.3 is 16.0 Å². The van der Waals surface area contributed by atoms with Crippen LogP contribution < -0.4 is 11.1 Å². The fraction of sp³-hybridized carbons (Fsp3) is 0.240. The number of aryl methyl sites for hydroxylation is 1. The van der Waals surface area contributed by atoms with E-state index < -0.39 is 5.92 Å². The van der Waals surface area contributed by atoms with E-state index in [0.29, 0.717) is 17.3 Å². The number of nitrogen functional groups attached to an aromatic ring is 1. The van der Waals surface area contributed by atoms with Crippen LogP contribution in [0.3, 0.4) is 0 Å². The van der Waals surface area contributed by atoms with Crippen molar-refractivity contribution >= 4 is 23.5 Å². The predicted octanol–water partition coefficient (Wildman–Crippen LogP) is 4.14. The second kappa shape index (κ2) is 9.33. The Hall–Kier alpha value is -4.41. The second-order valence-corrected chi connectivity index (χ2v) is 8.61. The lowest BCUT2D eigenvalue weighted by Gasteiger charge is -2.31. The number of rotatable bonds is 5. The minimum atomic E-state index is -2.69. The molecule has 1 aliphatic heterocycles. The maximum absolute atomic E-state index is 13.4. The molecule has 184 valence electrons. The van der Waals surface area contributed by atoms with Gasteiger partial charge in [0.25, 0.3) is 11.8 Å². The molecule has 1 saturated heterocycles. The summed E-state index contributed by atoms with van der Waals surface area (Å²) in [5.74, 6) is -1.69. The third kappa shape index (κ3) is 4.99. The topological polar surface area (TPSA) is 115 Å². The second-order valence-electron chi connectivity index (χ2n) is 8.61. The van der Waals surface area contributed by atoms with Crippen LogP contribution in [0.15, 0.2) is 60.8 Å². The number of carbonyl (C=O) groups excluding carboxylic acids is 1. The van der Waals surface area contributed by atoms with Gasteiger partial charge in [-0.25, -0.2) is 23.4 Å². The molecule has 0 unspecified atom stereocenters. The van der Waals surface area contributed by atoms with Crippen LogP contribution in [0, 0.1) is 0 Å². The molecule has 36 heavy (non-hydrogen) atoms. The van der Waals surface area contributed by atoms with E-state index in [2.05, 4.69) is 25.4 Å². The number of piperidine rings is 1. The van der Waals surface area contributed by atoms with Crippen LogP contribution >= 0.6 is 0 Å². The van der Waals surface area contributed by atoms with Crippen molar-refractivity contribution in [2.75, 3.05) is 24.1 Å². The summed E-state index contributed by atoms with van der Waals surface area (Å²) in [7, 11) is 1.78. The van der Waals surface area contributed by atoms with Crippen LogP contribution in [0.4, 0.5) is 26.4 Å². The molecular weight excluding hydrogens is 466 g/mol. The van der Waals surface area contributed by atoms with E-state index in [1.165, 1.54) is 4.90 Å². The van der Waals surface area contributed by atoms with E-state index in [9.17, 15) is 13.6 Å². The number of halogens is 2. The molecule has 2 aromatic heterocycles. The minimum absolute atomic E-state index is 0.0541. The molecular formula is C25H24F2N8O. The third-order valence-corrected chi connectivity index (χ3v) is 6.05. The van der Waals surface area contributed by atoms with Gasteiger partial charge in [-0.05, 0) is 30.3 Å². The lowest BCUT2D eigenvalue weighted by Crippen LogP contribution is -2.42. The molecule has 11 heteroatoms. The van der Waals surface area contributed by atoms with Gasteiger partial charge in [-0.3, -0.25) is 4.79 Å². The van der Waals surface area contributed by atoms with Crippen molar-refractivity contribution in [3.8, 4) is 22.6 Å². The van der Waals surface area contributed by atoms with Crippen molar-refractivity contribution in [2.24, 2.45) is 7.05 Å². The summed E-state index contributed by atoms with van der Waals surface area (Å²) >= 11 is 0. The molecule has 1 amide bonds. The zero-order valence-electron chi connectivity index (χ0n) is 19.5. The van der Waals surface area contributed by atoms with Gasteiger partial charge in [0.15, 0.2) is 5.82 Å². The number of nitrogens with zero attached hydrogens (tertiary/aromatic N) is 6. The van der Waals surface area contributed by atoms with Gasteiger partial charge >= 0.3 is 0 Å². The summed E-state index contributed by atoms with van der Waals surface area (Å²) in [6.07, 6.45) is 1.01. The van der Waals surface area contributed by atoms with Crippen LogP contribution in [0.2, 0.25) is 0 Å². The summed E-state index contributed by atoms with van der Waals surface area (Å²) < 4.78 is 28.4. The van der Waals surface area contributed by atoms with Gasteiger partial charge in [-0.2, -0.15) is 4.98 Å². The van der Waals surface area contributed by atoms with Gasteiger partial charge in [0.05, 0.1) is 5.69 Å². The van der Waals surface area contributed by atoms with Gasteiger partial charge in [-0.15, -0.1) is 5.10 Å². The Morgan fingerprint density at radius 2 is 1.64 bits per heavy atom. The standard InChI is InChI=1S/C25H24F2N8O/c1-34-24(30-19-8-6-16(7-9-19)20-10-13-29-23(28)31-20)32-21(33-34)17-2-4-18(5-3-17)22(36)35-14-11-25(26,27)12-15-35/h2-10,13H,11-12,14-15H2,1H3,(H2,28,29,31)(H,30,32,33). The first-order valence-electron chi connectivity index (χ1n) is 11.4. The van der Waals surface area contributed by atoms with Crippen molar-refractivity contribution in [1.29, 1.82) is 0 Å². The SMILES string of the molecule is Cn1nc(-c2ccc(C(=O)N3CCC(F)(F)CC3)cc2)nc1Nc1ccc(-c2ccnc(N)n2)cc1. The molecule has 1 aliphatic rings. The number of amides is 1. The van der Waals surface area contributed by atoms with Crippen LogP contribution in [-0.2, 0) is 7.05 Å². The van der Waals surface area contributed by atoms with Crippen molar-refractivity contribution in [3.05, 3.63) is 66.4 Å². The highest BCUT2D eigenvalue weighted by atomic mass is 19.3. The van der Waals surface area contributed by atoms with Crippen molar-refractivity contribution in [2.45, 2.75) is 18.8 Å². The first-order chi connectivity index (χ1) is 17.3. The average Bonchev–Trinajstić information content (AvgIpc) is 3.24. The molecule has 0 bridgehead atoms. The molecule has 9 nitrogen and oxygen atoms in total. The number of benzene rings is 2. The Balaban J connectivity index is 1.26. The van der Waals surface area contributed by atoms with Crippen LogP contribution in [0.5, 0.6) is 0 Å². The molecule has 4 aromatic rings. The summed E-state index contributed by atoms with van der Waals surface area (Å²) in [6.45, 7) is 0.108. The quantitative estimate of drug-likeness (QED) is 0.432. The average molecular weight is 491 g/mol. The molecule has 3 heterocycles. The van der Waals surface area contributed by atoms with E-state index in [1.54, 1.807) is 48.3 Å². The molecule has 2 aromatic carbocycles. The number of hydrogen-bond acceptors (Lipinski definition) is 7. The lowest BCUT2D eigenvalue weighted by molar-refractivity contribution is -0.0494. The maximum Gasteiger partial charge on any atom is 0.253 e. The number of nitrogens with one attached hydrogen (secondary N) is 1. The summed E-state index contributed by atoms with van der Waals surface area (Å²) in [5.41, 5.74) is 9.30. The highest BCUT2D eigenvalue weighted by molar-refractivity contribution is 5.94. The zero-order valence-corrected chi connectivity index (χ0v) is 19.5. The number of aromatic nitrogens is 5. The van der Waals surface area contributed by atoms with Gasteiger partial charge in [0.1, 0.15) is 0 Å². The summed E-state index contributed by atoms with van der Waals surface area (Å²) in [5, 5.41) is 7.71. The van der Waals surface area contributed by atoms with Crippen molar-refractivity contribution < 1.29 is 13.6 Å². The number of nitrogens with two attached hydrogens (primary N) is 1. The Kier molecular flexibility index (Phi) is 6.05. The Morgan fingerprint density at radius 1 is 0.972 bits per heavy atom.